The van der Waals surface area contributed by atoms with Gasteiger partial charge in [-0.15, -0.1) is 0 Å². The van der Waals surface area contributed by atoms with Crippen LogP contribution in [0.25, 0.3) is 0 Å². The summed E-state index contributed by atoms with van der Waals surface area (Å²) in [5.74, 6) is -0.985. The number of imide groups is 1. The van der Waals surface area contributed by atoms with E-state index in [4.69, 9.17) is 0 Å². The summed E-state index contributed by atoms with van der Waals surface area (Å²) in [5, 5.41) is 2.78. The van der Waals surface area contributed by atoms with Gasteiger partial charge in [0.15, 0.2) is 5.69 Å². The largest absolute Gasteiger partial charge is 0.464 e. The molecule has 2 rings (SSSR count). The molecule has 1 N–H and O–H groups in total. The SMILES string of the molecule is COC(=O)c1cncc(NC2CC(=O)N(C)C2=O)n1. The van der Waals surface area contributed by atoms with Gasteiger partial charge in [0.2, 0.25) is 5.91 Å². The first-order chi connectivity index (χ1) is 9.02. The smallest absolute Gasteiger partial charge is 0.358 e. The number of anilines is 1. The average molecular weight is 264 g/mol. The van der Waals surface area contributed by atoms with E-state index in [0.29, 0.717) is 0 Å². The minimum atomic E-state index is -0.681. The average Bonchev–Trinajstić information content (AvgIpc) is 2.66. The number of esters is 1. The number of carbonyl (C=O) groups is 3. The maximum absolute atomic E-state index is 11.7. The molecule has 1 atom stereocenters. The number of amides is 2. The van der Waals surface area contributed by atoms with E-state index in [1.807, 2.05) is 0 Å². The normalized spacial score (nSPS) is 18.6. The molecule has 1 unspecified atom stereocenters. The zero-order valence-electron chi connectivity index (χ0n) is 10.4. The van der Waals surface area contributed by atoms with Gasteiger partial charge in [-0.2, -0.15) is 0 Å². The molecule has 8 nitrogen and oxygen atoms in total. The van der Waals surface area contributed by atoms with Gasteiger partial charge in [0.1, 0.15) is 11.9 Å². The Morgan fingerprint density at radius 2 is 2.21 bits per heavy atom. The first-order valence-electron chi connectivity index (χ1n) is 5.50. The molecule has 1 aromatic heterocycles. The second kappa shape index (κ2) is 5.01. The number of nitrogens with one attached hydrogen (secondary N) is 1. The molecule has 2 amide bonds. The molecule has 1 aromatic rings. The Hall–Kier alpha value is -2.51. The predicted octanol–water partition coefficient (Wildman–Crippen LogP) is -0.568. The van der Waals surface area contributed by atoms with Crippen molar-refractivity contribution in [3.8, 4) is 0 Å². The van der Waals surface area contributed by atoms with Crippen molar-refractivity contribution in [2.24, 2.45) is 0 Å². The van der Waals surface area contributed by atoms with Crippen LogP contribution in [0.1, 0.15) is 16.9 Å². The highest BCUT2D eigenvalue weighted by Crippen LogP contribution is 2.15. The summed E-state index contributed by atoms with van der Waals surface area (Å²) in [6, 6.07) is -0.681. The summed E-state index contributed by atoms with van der Waals surface area (Å²) >= 11 is 0. The summed E-state index contributed by atoms with van der Waals surface area (Å²) < 4.78 is 4.52. The number of likely N-dealkylation sites (N-methyl/N-ethyl adjacent to an activating group) is 1. The summed E-state index contributed by atoms with van der Waals surface area (Å²) in [7, 11) is 2.65. The number of ether oxygens (including phenoxy) is 1. The van der Waals surface area contributed by atoms with Crippen LogP contribution >= 0.6 is 0 Å². The number of hydrogen-bond acceptors (Lipinski definition) is 7. The number of methoxy groups -OCH3 is 1. The molecule has 1 saturated heterocycles. The fraction of sp³-hybridized carbons (Fsp3) is 0.364. The number of hydrogen-bond donors (Lipinski definition) is 1. The van der Waals surface area contributed by atoms with Gasteiger partial charge < -0.3 is 10.1 Å². The summed E-state index contributed by atoms with van der Waals surface area (Å²) in [4.78, 5) is 43.2. The van der Waals surface area contributed by atoms with Gasteiger partial charge in [-0.3, -0.25) is 19.5 Å². The van der Waals surface area contributed by atoms with Crippen LogP contribution < -0.4 is 5.32 Å². The predicted molar refractivity (Wildman–Crippen MR) is 63.2 cm³/mol. The lowest BCUT2D eigenvalue weighted by Gasteiger charge is -2.11. The van der Waals surface area contributed by atoms with Crippen LogP contribution in [0.4, 0.5) is 5.82 Å². The van der Waals surface area contributed by atoms with Crippen molar-refractivity contribution >= 4 is 23.6 Å². The second-order valence-corrected chi connectivity index (χ2v) is 3.97. The Morgan fingerprint density at radius 1 is 1.47 bits per heavy atom. The molecule has 0 saturated carbocycles. The van der Waals surface area contributed by atoms with E-state index in [9.17, 15) is 14.4 Å². The van der Waals surface area contributed by atoms with Crippen LogP contribution in [0.3, 0.4) is 0 Å². The third kappa shape index (κ3) is 2.51. The van der Waals surface area contributed by atoms with Crippen molar-refractivity contribution in [1.82, 2.24) is 14.9 Å². The lowest BCUT2D eigenvalue weighted by Crippen LogP contribution is -2.32. The van der Waals surface area contributed by atoms with Gasteiger partial charge in [0.05, 0.1) is 25.9 Å². The fourth-order valence-electron chi connectivity index (χ4n) is 1.69. The Kier molecular flexibility index (Phi) is 3.41. The second-order valence-electron chi connectivity index (χ2n) is 3.97. The van der Waals surface area contributed by atoms with Crippen molar-refractivity contribution < 1.29 is 19.1 Å². The van der Waals surface area contributed by atoms with Crippen LogP contribution in [-0.2, 0) is 14.3 Å². The van der Waals surface area contributed by atoms with Gasteiger partial charge in [-0.1, -0.05) is 0 Å². The van der Waals surface area contributed by atoms with E-state index in [2.05, 4.69) is 20.0 Å². The molecule has 0 aliphatic carbocycles. The lowest BCUT2D eigenvalue weighted by atomic mass is 10.2. The van der Waals surface area contributed by atoms with Gasteiger partial charge >= 0.3 is 5.97 Å². The van der Waals surface area contributed by atoms with E-state index in [1.165, 1.54) is 26.6 Å². The highest BCUT2D eigenvalue weighted by Gasteiger charge is 2.36. The first kappa shape index (κ1) is 12.9. The third-order valence-electron chi connectivity index (χ3n) is 2.73. The van der Waals surface area contributed by atoms with Crippen molar-refractivity contribution in [3.63, 3.8) is 0 Å². The van der Waals surface area contributed by atoms with Crippen LogP contribution in [0.15, 0.2) is 12.4 Å². The quantitative estimate of drug-likeness (QED) is 0.576. The number of rotatable bonds is 3. The van der Waals surface area contributed by atoms with Gasteiger partial charge in [0.25, 0.3) is 5.91 Å². The van der Waals surface area contributed by atoms with Gasteiger partial charge in [-0.25, -0.2) is 9.78 Å². The highest BCUT2D eigenvalue weighted by molar-refractivity contribution is 6.06. The van der Waals surface area contributed by atoms with E-state index < -0.39 is 12.0 Å². The van der Waals surface area contributed by atoms with E-state index >= 15 is 0 Å². The first-order valence-corrected chi connectivity index (χ1v) is 5.50. The van der Waals surface area contributed by atoms with Crippen molar-refractivity contribution in [2.75, 3.05) is 19.5 Å². The fourth-order valence-corrected chi connectivity index (χ4v) is 1.69. The molecule has 1 fully saturated rings. The molecule has 1 aliphatic heterocycles. The van der Waals surface area contributed by atoms with Gasteiger partial charge in [-0.05, 0) is 0 Å². The van der Waals surface area contributed by atoms with Crippen molar-refractivity contribution in [1.29, 1.82) is 0 Å². The van der Waals surface area contributed by atoms with Crippen molar-refractivity contribution in [3.05, 3.63) is 18.1 Å². The number of nitrogens with zero attached hydrogens (tertiary/aromatic N) is 3. The molecule has 0 spiro atoms. The number of aromatic nitrogens is 2. The molecule has 0 bridgehead atoms. The Bertz CT molecular complexity index is 545. The summed E-state index contributed by atoms with van der Waals surface area (Å²) in [6.45, 7) is 0. The van der Waals surface area contributed by atoms with Crippen LogP contribution in [0.5, 0.6) is 0 Å². The third-order valence-corrected chi connectivity index (χ3v) is 2.73. The molecule has 1 aliphatic rings. The molecule has 100 valence electrons. The lowest BCUT2D eigenvalue weighted by molar-refractivity contribution is -0.136. The molecular weight excluding hydrogens is 252 g/mol. The topological polar surface area (TPSA) is 101 Å². The van der Waals surface area contributed by atoms with Crippen molar-refractivity contribution in [2.45, 2.75) is 12.5 Å². The molecule has 2 heterocycles. The molecule has 19 heavy (non-hydrogen) atoms. The minimum absolute atomic E-state index is 0.0256. The highest BCUT2D eigenvalue weighted by atomic mass is 16.5. The van der Waals surface area contributed by atoms with Crippen LogP contribution in [0, 0.1) is 0 Å². The maximum atomic E-state index is 11.7. The van der Waals surface area contributed by atoms with Crippen LogP contribution in [-0.4, -0.2) is 52.9 Å². The Balaban J connectivity index is 2.14. The number of likely N-dealkylation sites (tertiary alicyclic amines) is 1. The van der Waals surface area contributed by atoms with Crippen LogP contribution in [0.2, 0.25) is 0 Å². The zero-order chi connectivity index (χ0) is 14.0. The summed E-state index contributed by atoms with van der Waals surface area (Å²) in [6.07, 6.45) is 2.67. The Labute approximate surface area is 108 Å². The van der Waals surface area contributed by atoms with E-state index in [1.54, 1.807) is 0 Å². The molecule has 8 heteroatoms. The molecule has 0 radical (unpaired) electrons. The summed E-state index contributed by atoms with van der Waals surface area (Å²) in [5.41, 5.74) is 0.0256. The number of carbonyl (C=O) groups excluding carboxylic acids is 3. The van der Waals surface area contributed by atoms with Gasteiger partial charge in [0, 0.05) is 7.05 Å². The monoisotopic (exact) mass is 264 g/mol. The maximum Gasteiger partial charge on any atom is 0.358 e. The van der Waals surface area contributed by atoms with E-state index in [-0.39, 0.29) is 29.7 Å². The Morgan fingerprint density at radius 3 is 2.79 bits per heavy atom. The zero-order valence-corrected chi connectivity index (χ0v) is 10.4. The standard InChI is InChI=1S/C11H12N4O4/c1-15-9(16)3-6(10(15)17)13-8-5-12-4-7(14-8)11(18)19-2/h4-6H,3H2,1-2H3,(H,13,14). The van der Waals surface area contributed by atoms with E-state index in [0.717, 1.165) is 4.90 Å². The minimum Gasteiger partial charge on any atom is -0.464 e. The molecule has 0 aromatic carbocycles. The molecular formula is C11H12N4O4.